The molecule has 3 rings (SSSR count). The summed E-state index contributed by atoms with van der Waals surface area (Å²) in [4.78, 5) is 7.27. The first-order valence-electron chi connectivity index (χ1n) is 6.85. The molecule has 0 radical (unpaired) electrons. The van der Waals surface area contributed by atoms with Crippen molar-refractivity contribution in [3.8, 4) is 0 Å². The lowest BCUT2D eigenvalue weighted by Gasteiger charge is -2.28. The summed E-state index contributed by atoms with van der Waals surface area (Å²) >= 11 is -1.33. The lowest BCUT2D eigenvalue weighted by molar-refractivity contribution is 0.585. The Morgan fingerprint density at radius 2 is 1.71 bits per heavy atom. The van der Waals surface area contributed by atoms with Crippen LogP contribution < -0.4 is 15.4 Å². The van der Waals surface area contributed by atoms with Gasteiger partial charge in [0.2, 0.25) is 0 Å². The van der Waals surface area contributed by atoms with Gasteiger partial charge in [-0.2, -0.15) is 0 Å². The van der Waals surface area contributed by atoms with Crippen molar-refractivity contribution in [3.05, 3.63) is 54.7 Å². The van der Waals surface area contributed by atoms with E-state index in [4.69, 9.17) is 5.14 Å². The van der Waals surface area contributed by atoms with Gasteiger partial charge in [0.15, 0.2) is 4.90 Å². The van der Waals surface area contributed by atoms with Crippen LogP contribution in [0.15, 0.2) is 59.6 Å². The fraction of sp³-hybridized carbons (Fsp3) is 0.267. The number of nitrogens with two attached hydrogens (primary N) is 1. The molecule has 112 valence electrons. The van der Waals surface area contributed by atoms with Crippen LogP contribution in [0.2, 0.25) is 0 Å². The summed E-state index contributed by atoms with van der Waals surface area (Å²) < 4.78 is 10.5. The number of piperazine rings is 1. The maximum atomic E-state index is 10.5. The van der Waals surface area contributed by atoms with Gasteiger partial charge in [0.05, 0.1) is 11.4 Å². The highest BCUT2D eigenvalue weighted by atomic mass is 32.2. The summed E-state index contributed by atoms with van der Waals surface area (Å²) in [6.45, 7) is 4.27. The molecule has 6 heteroatoms. The molecule has 21 heavy (non-hydrogen) atoms. The van der Waals surface area contributed by atoms with Crippen LogP contribution in [-0.4, -0.2) is 35.7 Å². The van der Waals surface area contributed by atoms with Crippen molar-refractivity contribution in [3.63, 3.8) is 0 Å². The largest absolute Gasteiger partial charge is 0.593 e. The third-order valence-corrected chi connectivity index (χ3v) is 3.80. The number of benzene rings is 1. The Morgan fingerprint density at radius 1 is 1.05 bits per heavy atom. The van der Waals surface area contributed by atoms with Gasteiger partial charge >= 0.3 is 0 Å². The van der Waals surface area contributed by atoms with Crippen LogP contribution in [0, 0.1) is 0 Å². The molecular weight excluding hydrogens is 284 g/mol. The Balaban J connectivity index is 0.000000161. The van der Waals surface area contributed by atoms with Crippen LogP contribution in [0.4, 0.5) is 5.82 Å². The molecule has 1 atom stereocenters. The van der Waals surface area contributed by atoms with Gasteiger partial charge in [0.1, 0.15) is 5.82 Å². The molecule has 3 N–H and O–H groups in total. The van der Waals surface area contributed by atoms with E-state index in [9.17, 15) is 4.55 Å². The summed E-state index contributed by atoms with van der Waals surface area (Å²) in [5.74, 6) is 1.10. The lowest BCUT2D eigenvalue weighted by atomic mass is 10.3. The second-order valence-corrected chi connectivity index (χ2v) is 5.60. The molecule has 1 aliphatic rings. The molecule has 1 aliphatic heterocycles. The van der Waals surface area contributed by atoms with Gasteiger partial charge < -0.3 is 14.8 Å². The topological polar surface area (TPSA) is 77.2 Å². The van der Waals surface area contributed by atoms with Crippen molar-refractivity contribution in [2.75, 3.05) is 31.1 Å². The monoisotopic (exact) mass is 304 g/mol. The van der Waals surface area contributed by atoms with Crippen molar-refractivity contribution < 1.29 is 4.55 Å². The molecule has 2 heterocycles. The normalized spacial score (nSPS) is 15.8. The SMILES string of the molecule is N[S+]([O-])c1ccccc1.c1ccc(N2CCNCC2)nc1. The van der Waals surface area contributed by atoms with E-state index >= 15 is 0 Å². The molecular formula is C15H20N4OS. The Kier molecular flexibility index (Phi) is 6.49. The van der Waals surface area contributed by atoms with E-state index in [0.29, 0.717) is 4.90 Å². The van der Waals surface area contributed by atoms with E-state index in [1.54, 1.807) is 24.3 Å². The standard InChI is InChI=1S/C9H13N3.C6H7NOS/c1-2-4-11-9(3-1)12-7-5-10-6-8-12;7-9(8)6-4-2-1-3-5-6/h1-4,10H,5-8H2;1-5H,7H2. The molecule has 0 bridgehead atoms. The first kappa shape index (κ1) is 15.8. The molecule has 0 amide bonds. The Hall–Kier alpha value is -1.60. The highest BCUT2D eigenvalue weighted by Gasteiger charge is 2.09. The number of hydrogen-bond acceptors (Lipinski definition) is 5. The zero-order chi connectivity index (χ0) is 14.9. The predicted octanol–water partition coefficient (Wildman–Crippen LogP) is 1.16. The average Bonchev–Trinajstić information content (AvgIpc) is 2.58. The van der Waals surface area contributed by atoms with Gasteiger partial charge in [-0.05, 0) is 24.3 Å². The number of nitrogens with one attached hydrogen (secondary N) is 1. The summed E-state index contributed by atoms with van der Waals surface area (Å²) in [6, 6.07) is 15.0. The maximum absolute atomic E-state index is 10.5. The van der Waals surface area contributed by atoms with Gasteiger partial charge in [-0.1, -0.05) is 24.3 Å². The molecule has 1 aromatic heterocycles. The zero-order valence-corrected chi connectivity index (χ0v) is 12.6. The summed E-state index contributed by atoms with van der Waals surface area (Å²) in [5.41, 5.74) is 0. The minimum absolute atomic E-state index is 0.664. The average molecular weight is 304 g/mol. The number of anilines is 1. The number of pyridine rings is 1. The first-order chi connectivity index (χ1) is 10.3. The van der Waals surface area contributed by atoms with E-state index in [2.05, 4.69) is 21.3 Å². The van der Waals surface area contributed by atoms with E-state index in [0.717, 1.165) is 32.0 Å². The Morgan fingerprint density at radius 3 is 2.24 bits per heavy atom. The number of aromatic nitrogens is 1. The van der Waals surface area contributed by atoms with Crippen molar-refractivity contribution >= 4 is 17.2 Å². The Labute approximate surface area is 128 Å². The van der Waals surface area contributed by atoms with Crippen LogP contribution in [0.1, 0.15) is 0 Å². The highest BCUT2D eigenvalue weighted by Crippen LogP contribution is 2.08. The third kappa shape index (κ3) is 5.35. The fourth-order valence-corrected chi connectivity index (χ4v) is 2.41. The second kappa shape index (κ2) is 8.63. The molecule has 2 aromatic rings. The predicted molar refractivity (Wildman–Crippen MR) is 86.4 cm³/mol. The molecule has 0 aliphatic carbocycles. The summed E-state index contributed by atoms with van der Waals surface area (Å²) in [7, 11) is 0. The van der Waals surface area contributed by atoms with Gasteiger partial charge in [-0.15, -0.1) is 5.14 Å². The fourth-order valence-electron chi connectivity index (χ4n) is 1.99. The van der Waals surface area contributed by atoms with E-state index in [-0.39, 0.29) is 0 Å². The molecule has 1 unspecified atom stereocenters. The molecule has 0 spiro atoms. The molecule has 5 nitrogen and oxygen atoms in total. The van der Waals surface area contributed by atoms with Crippen LogP contribution in [0.5, 0.6) is 0 Å². The molecule has 0 saturated carbocycles. The van der Waals surface area contributed by atoms with Crippen molar-refractivity contribution in [2.24, 2.45) is 5.14 Å². The van der Waals surface area contributed by atoms with Crippen molar-refractivity contribution in [2.45, 2.75) is 4.90 Å². The van der Waals surface area contributed by atoms with Gasteiger partial charge in [0, 0.05) is 32.4 Å². The molecule has 1 fully saturated rings. The van der Waals surface area contributed by atoms with E-state index in [1.165, 1.54) is 0 Å². The number of hydrogen-bond donors (Lipinski definition) is 2. The summed E-state index contributed by atoms with van der Waals surface area (Å²) in [5, 5.41) is 8.40. The first-order valence-corrected chi connectivity index (χ1v) is 8.06. The van der Waals surface area contributed by atoms with Crippen LogP contribution in [-0.2, 0) is 11.4 Å². The van der Waals surface area contributed by atoms with Crippen LogP contribution in [0.3, 0.4) is 0 Å². The van der Waals surface area contributed by atoms with Crippen LogP contribution >= 0.6 is 0 Å². The highest BCUT2D eigenvalue weighted by molar-refractivity contribution is 7.89. The van der Waals surface area contributed by atoms with Crippen LogP contribution in [0.25, 0.3) is 0 Å². The van der Waals surface area contributed by atoms with Crippen molar-refractivity contribution in [1.82, 2.24) is 10.3 Å². The van der Waals surface area contributed by atoms with Gasteiger partial charge in [-0.3, -0.25) is 0 Å². The van der Waals surface area contributed by atoms with Gasteiger partial charge in [0.25, 0.3) is 0 Å². The minimum Gasteiger partial charge on any atom is -0.593 e. The van der Waals surface area contributed by atoms with Crippen molar-refractivity contribution in [1.29, 1.82) is 0 Å². The van der Waals surface area contributed by atoms with Gasteiger partial charge in [-0.25, -0.2) is 4.98 Å². The lowest BCUT2D eigenvalue weighted by Crippen LogP contribution is -2.43. The summed E-state index contributed by atoms with van der Waals surface area (Å²) in [6.07, 6.45) is 1.84. The maximum Gasteiger partial charge on any atom is 0.173 e. The van der Waals surface area contributed by atoms with E-state index < -0.39 is 11.4 Å². The number of rotatable bonds is 2. The molecule has 1 saturated heterocycles. The minimum atomic E-state index is -1.33. The zero-order valence-electron chi connectivity index (χ0n) is 11.8. The third-order valence-electron chi connectivity index (χ3n) is 3.07. The molecule has 1 aromatic carbocycles. The van der Waals surface area contributed by atoms with E-state index in [1.807, 2.05) is 24.4 Å². The number of nitrogens with zero attached hydrogens (tertiary/aromatic N) is 2. The Bertz CT molecular complexity index is 504. The smallest absolute Gasteiger partial charge is 0.173 e. The quantitative estimate of drug-likeness (QED) is 0.814. The second-order valence-electron chi connectivity index (χ2n) is 4.54.